The van der Waals surface area contributed by atoms with Crippen LogP contribution in [0, 0.1) is 5.41 Å². The lowest BCUT2D eigenvalue weighted by atomic mass is 10.1. The Labute approximate surface area is 89.3 Å². The van der Waals surface area contributed by atoms with Crippen molar-refractivity contribution in [2.24, 2.45) is 5.73 Å². The predicted octanol–water partition coefficient (Wildman–Crippen LogP) is -0.257. The first kappa shape index (κ1) is 11.8. The summed E-state index contributed by atoms with van der Waals surface area (Å²) in [5.41, 5.74) is 4.58. The molecule has 15 heavy (non-hydrogen) atoms. The van der Waals surface area contributed by atoms with Gasteiger partial charge in [0.1, 0.15) is 5.84 Å². The monoisotopic (exact) mass is 214 g/mol. The maximum Gasteiger partial charge on any atom is 0.318 e. The molecule has 1 saturated heterocycles. The van der Waals surface area contributed by atoms with E-state index in [0.717, 1.165) is 0 Å². The van der Waals surface area contributed by atoms with E-state index in [1.165, 1.54) is 0 Å². The molecule has 1 heterocycles. The lowest BCUT2D eigenvalue weighted by Gasteiger charge is -2.32. The normalized spacial score (nSPS) is 17.3. The first-order valence-corrected chi connectivity index (χ1v) is 4.93. The largest absolute Gasteiger partial charge is 0.386 e. The Bertz CT molecular complexity index is 259. The highest BCUT2D eigenvalue weighted by Gasteiger charge is 2.27. The van der Waals surface area contributed by atoms with Crippen molar-refractivity contribution in [3.8, 4) is 0 Å². The topological polar surface area (TPSA) is 91.4 Å². The summed E-state index contributed by atoms with van der Waals surface area (Å²) in [5.74, 6) is -0.0518. The van der Waals surface area contributed by atoms with Crippen molar-refractivity contribution in [1.29, 1.82) is 5.41 Å². The fourth-order valence-corrected chi connectivity index (χ4v) is 1.18. The Hall–Kier alpha value is -1.30. The zero-order chi connectivity index (χ0) is 11.5. The number of amides is 2. The average molecular weight is 214 g/mol. The summed E-state index contributed by atoms with van der Waals surface area (Å²) in [6, 6.07) is -0.196. The van der Waals surface area contributed by atoms with Gasteiger partial charge in [-0.25, -0.2) is 4.79 Å². The van der Waals surface area contributed by atoms with E-state index in [1.807, 2.05) is 0 Å². The highest BCUT2D eigenvalue weighted by Crippen LogP contribution is 2.04. The van der Waals surface area contributed by atoms with E-state index < -0.39 is 5.54 Å². The van der Waals surface area contributed by atoms with Crippen LogP contribution in [0.25, 0.3) is 0 Å². The molecule has 6 nitrogen and oxygen atoms in total. The standard InChI is InChI=1S/C9H18N4O2/c1-9(2,7(10)11)12-8(14)13-3-5-15-6-4-13/h3-6H2,1-2H3,(H3,10,11)(H,12,14). The molecule has 0 radical (unpaired) electrons. The molecule has 1 aliphatic heterocycles. The summed E-state index contributed by atoms with van der Waals surface area (Å²) >= 11 is 0. The molecule has 0 saturated carbocycles. The van der Waals surface area contributed by atoms with Crippen molar-refractivity contribution >= 4 is 11.9 Å². The van der Waals surface area contributed by atoms with Gasteiger partial charge in [-0.05, 0) is 13.8 Å². The molecule has 0 unspecified atom stereocenters. The summed E-state index contributed by atoms with van der Waals surface area (Å²) in [5, 5.41) is 10.0. The minimum absolute atomic E-state index is 0.0518. The van der Waals surface area contributed by atoms with Gasteiger partial charge in [-0.15, -0.1) is 0 Å². The molecular weight excluding hydrogens is 196 g/mol. The number of morpholine rings is 1. The number of hydrogen-bond acceptors (Lipinski definition) is 3. The summed E-state index contributed by atoms with van der Waals surface area (Å²) in [6.45, 7) is 5.70. The van der Waals surface area contributed by atoms with Gasteiger partial charge in [0, 0.05) is 13.1 Å². The maximum absolute atomic E-state index is 11.7. The number of urea groups is 1. The predicted molar refractivity (Wildman–Crippen MR) is 56.9 cm³/mol. The van der Waals surface area contributed by atoms with E-state index in [4.69, 9.17) is 15.9 Å². The summed E-state index contributed by atoms with van der Waals surface area (Å²) in [6.07, 6.45) is 0. The minimum Gasteiger partial charge on any atom is -0.386 e. The van der Waals surface area contributed by atoms with Crippen molar-refractivity contribution in [2.45, 2.75) is 19.4 Å². The average Bonchev–Trinajstić information content (AvgIpc) is 2.18. The second-order valence-corrected chi connectivity index (χ2v) is 4.07. The SMILES string of the molecule is CC(C)(NC(=O)N1CCOCC1)C(=N)N. The quantitative estimate of drug-likeness (QED) is 0.437. The van der Waals surface area contributed by atoms with Gasteiger partial charge < -0.3 is 20.7 Å². The molecule has 1 rings (SSSR count). The van der Waals surface area contributed by atoms with Crippen molar-refractivity contribution in [3.05, 3.63) is 0 Å². The van der Waals surface area contributed by atoms with E-state index in [0.29, 0.717) is 26.3 Å². The Morgan fingerprint density at radius 1 is 1.47 bits per heavy atom. The van der Waals surface area contributed by atoms with Gasteiger partial charge in [0.25, 0.3) is 0 Å². The number of carbonyl (C=O) groups excluding carboxylic acids is 1. The molecule has 0 aromatic carbocycles. The van der Waals surface area contributed by atoms with Crippen LogP contribution in [0.15, 0.2) is 0 Å². The number of ether oxygens (including phenoxy) is 1. The molecule has 0 aromatic rings. The highest BCUT2D eigenvalue weighted by molar-refractivity contribution is 5.90. The Balaban J connectivity index is 2.50. The summed E-state index contributed by atoms with van der Waals surface area (Å²) in [7, 11) is 0. The van der Waals surface area contributed by atoms with Gasteiger partial charge in [-0.3, -0.25) is 5.41 Å². The molecule has 0 spiro atoms. The van der Waals surface area contributed by atoms with Crippen LogP contribution >= 0.6 is 0 Å². The smallest absolute Gasteiger partial charge is 0.318 e. The molecule has 4 N–H and O–H groups in total. The van der Waals surface area contributed by atoms with E-state index >= 15 is 0 Å². The van der Waals surface area contributed by atoms with Gasteiger partial charge in [0.2, 0.25) is 0 Å². The molecule has 1 aliphatic rings. The van der Waals surface area contributed by atoms with Gasteiger partial charge in [0.15, 0.2) is 0 Å². The van der Waals surface area contributed by atoms with Gasteiger partial charge in [-0.1, -0.05) is 0 Å². The van der Waals surface area contributed by atoms with Crippen LogP contribution in [0.4, 0.5) is 4.79 Å². The number of nitrogens with one attached hydrogen (secondary N) is 2. The van der Waals surface area contributed by atoms with E-state index in [9.17, 15) is 4.79 Å². The van der Waals surface area contributed by atoms with E-state index in [1.54, 1.807) is 18.7 Å². The van der Waals surface area contributed by atoms with Crippen LogP contribution in [-0.2, 0) is 4.74 Å². The molecule has 86 valence electrons. The van der Waals surface area contributed by atoms with Crippen LogP contribution in [-0.4, -0.2) is 48.6 Å². The first-order chi connectivity index (χ1) is 6.93. The van der Waals surface area contributed by atoms with E-state index in [2.05, 4.69) is 5.32 Å². The Morgan fingerprint density at radius 2 is 2.00 bits per heavy atom. The van der Waals surface area contributed by atoms with Crippen LogP contribution in [0.3, 0.4) is 0 Å². The molecule has 6 heteroatoms. The Kier molecular flexibility index (Phi) is 3.52. The fourth-order valence-electron chi connectivity index (χ4n) is 1.18. The van der Waals surface area contributed by atoms with Crippen molar-refractivity contribution in [1.82, 2.24) is 10.2 Å². The number of nitrogens with two attached hydrogens (primary N) is 1. The Morgan fingerprint density at radius 3 is 2.47 bits per heavy atom. The zero-order valence-corrected chi connectivity index (χ0v) is 9.17. The van der Waals surface area contributed by atoms with Crippen molar-refractivity contribution < 1.29 is 9.53 Å². The second kappa shape index (κ2) is 4.48. The summed E-state index contributed by atoms with van der Waals surface area (Å²) in [4.78, 5) is 13.4. The second-order valence-electron chi connectivity index (χ2n) is 4.07. The molecule has 0 atom stereocenters. The van der Waals surface area contributed by atoms with Crippen LogP contribution in [0.1, 0.15) is 13.8 Å². The van der Waals surface area contributed by atoms with Crippen molar-refractivity contribution in [2.75, 3.05) is 26.3 Å². The molecule has 1 fully saturated rings. The maximum atomic E-state index is 11.7. The van der Waals surface area contributed by atoms with Gasteiger partial charge >= 0.3 is 6.03 Å². The third-order valence-electron chi connectivity index (χ3n) is 2.39. The summed E-state index contributed by atoms with van der Waals surface area (Å²) < 4.78 is 5.14. The van der Waals surface area contributed by atoms with Crippen molar-refractivity contribution in [3.63, 3.8) is 0 Å². The third-order valence-corrected chi connectivity index (χ3v) is 2.39. The van der Waals surface area contributed by atoms with E-state index in [-0.39, 0.29) is 11.9 Å². The molecule has 0 aliphatic carbocycles. The molecule has 0 aromatic heterocycles. The number of nitrogens with zero attached hydrogens (tertiary/aromatic N) is 1. The fraction of sp³-hybridized carbons (Fsp3) is 0.778. The third kappa shape index (κ3) is 3.09. The molecule has 0 bridgehead atoms. The molecule has 2 amide bonds. The number of amidine groups is 1. The number of carbonyl (C=O) groups is 1. The van der Waals surface area contributed by atoms with Crippen LogP contribution in [0.5, 0.6) is 0 Å². The highest BCUT2D eigenvalue weighted by atomic mass is 16.5. The lowest BCUT2D eigenvalue weighted by Crippen LogP contribution is -2.57. The van der Waals surface area contributed by atoms with Crippen LogP contribution in [0.2, 0.25) is 0 Å². The number of rotatable bonds is 2. The van der Waals surface area contributed by atoms with Gasteiger partial charge in [-0.2, -0.15) is 0 Å². The number of hydrogen-bond donors (Lipinski definition) is 3. The van der Waals surface area contributed by atoms with Gasteiger partial charge in [0.05, 0.1) is 18.8 Å². The minimum atomic E-state index is -0.796. The van der Waals surface area contributed by atoms with Crippen LogP contribution < -0.4 is 11.1 Å². The molecular formula is C9H18N4O2. The first-order valence-electron chi connectivity index (χ1n) is 4.93. The lowest BCUT2D eigenvalue weighted by molar-refractivity contribution is 0.0522. The zero-order valence-electron chi connectivity index (χ0n) is 9.17.